The Balaban J connectivity index is 2.49. The van der Waals surface area contributed by atoms with Gasteiger partial charge in [0.2, 0.25) is 0 Å². The highest BCUT2D eigenvalue weighted by molar-refractivity contribution is 9.10. The zero-order valence-electron chi connectivity index (χ0n) is 9.07. The van der Waals surface area contributed by atoms with Crippen LogP contribution in [0.5, 0.6) is 0 Å². The molecule has 84 valence electrons. The van der Waals surface area contributed by atoms with Crippen LogP contribution in [0, 0.1) is 0 Å². The van der Waals surface area contributed by atoms with Crippen molar-refractivity contribution in [1.29, 1.82) is 0 Å². The van der Waals surface area contributed by atoms with Gasteiger partial charge in [-0.25, -0.2) is 4.99 Å². The molecule has 2 rings (SSSR count). The Labute approximate surface area is 107 Å². The Morgan fingerprint density at radius 3 is 2.88 bits per heavy atom. The summed E-state index contributed by atoms with van der Waals surface area (Å²) in [6.07, 6.45) is 3.85. The van der Waals surface area contributed by atoms with Crippen LogP contribution in [-0.4, -0.2) is 10.2 Å². The molecule has 0 aromatic carbocycles. The molecular formula is C11H12BrN3S. The second-order valence-electron chi connectivity index (χ2n) is 3.81. The maximum absolute atomic E-state index is 5.81. The molecule has 1 atom stereocenters. The lowest BCUT2D eigenvalue weighted by Gasteiger charge is -2.26. The van der Waals surface area contributed by atoms with E-state index in [2.05, 4.69) is 32.0 Å². The van der Waals surface area contributed by atoms with Gasteiger partial charge in [-0.1, -0.05) is 27.7 Å². The summed E-state index contributed by atoms with van der Waals surface area (Å²) >= 11 is 4.93. The second-order valence-corrected chi connectivity index (χ2v) is 6.00. The lowest BCUT2D eigenvalue weighted by molar-refractivity contribution is 0.607. The Kier molecular flexibility index (Phi) is 3.08. The highest BCUT2D eigenvalue weighted by atomic mass is 79.9. The van der Waals surface area contributed by atoms with Crippen molar-refractivity contribution in [2.45, 2.75) is 19.4 Å². The van der Waals surface area contributed by atoms with Crippen LogP contribution < -0.4 is 5.73 Å². The predicted octanol–water partition coefficient (Wildman–Crippen LogP) is 3.02. The Bertz CT molecular complexity index is 464. The van der Waals surface area contributed by atoms with Crippen LogP contribution >= 0.6 is 27.7 Å². The summed E-state index contributed by atoms with van der Waals surface area (Å²) in [4.78, 5) is 9.98. The molecule has 0 aliphatic carbocycles. The van der Waals surface area contributed by atoms with Crippen LogP contribution in [0.15, 0.2) is 38.8 Å². The standard InChI is InChI=1S/C11H12BrN3S/c1-7-6-11(2,15-10(13)16-7)9-5-8(12)3-4-14-9/h3-6H,1-2H3,(H2,13,15)/t11-/m0/s1. The summed E-state index contributed by atoms with van der Waals surface area (Å²) < 4.78 is 0.997. The van der Waals surface area contributed by atoms with Crippen molar-refractivity contribution >= 4 is 32.9 Å². The number of pyridine rings is 1. The normalized spacial score (nSPS) is 24.9. The van der Waals surface area contributed by atoms with Crippen molar-refractivity contribution in [2.75, 3.05) is 0 Å². The van der Waals surface area contributed by atoms with E-state index in [-0.39, 0.29) is 0 Å². The van der Waals surface area contributed by atoms with Gasteiger partial charge in [0.15, 0.2) is 5.17 Å². The molecule has 0 saturated heterocycles. The average Bonchev–Trinajstić information content (AvgIpc) is 2.15. The maximum Gasteiger partial charge on any atom is 0.159 e. The van der Waals surface area contributed by atoms with Gasteiger partial charge in [0.05, 0.1) is 5.69 Å². The fraction of sp³-hybridized carbons (Fsp3) is 0.273. The molecule has 0 bridgehead atoms. The molecule has 0 unspecified atom stereocenters. The average molecular weight is 298 g/mol. The molecule has 0 spiro atoms. The lowest BCUT2D eigenvalue weighted by Crippen LogP contribution is -2.25. The number of halogens is 1. The van der Waals surface area contributed by atoms with E-state index >= 15 is 0 Å². The third-order valence-electron chi connectivity index (χ3n) is 2.33. The molecule has 5 heteroatoms. The van der Waals surface area contributed by atoms with E-state index < -0.39 is 5.54 Å². The van der Waals surface area contributed by atoms with Gasteiger partial charge in [0, 0.05) is 10.7 Å². The Morgan fingerprint density at radius 2 is 2.25 bits per heavy atom. The van der Waals surface area contributed by atoms with Crippen LogP contribution in [0.4, 0.5) is 0 Å². The van der Waals surface area contributed by atoms with E-state index in [1.54, 1.807) is 6.20 Å². The summed E-state index contributed by atoms with van der Waals surface area (Å²) in [6.45, 7) is 4.04. The number of aromatic nitrogens is 1. The van der Waals surface area contributed by atoms with Crippen LogP contribution in [0.1, 0.15) is 19.5 Å². The summed E-state index contributed by atoms with van der Waals surface area (Å²) in [7, 11) is 0. The number of hydrogen-bond acceptors (Lipinski definition) is 4. The largest absolute Gasteiger partial charge is 0.378 e. The third-order valence-corrected chi connectivity index (χ3v) is 3.57. The van der Waals surface area contributed by atoms with E-state index in [0.29, 0.717) is 5.17 Å². The molecule has 0 radical (unpaired) electrons. The molecule has 1 aromatic heterocycles. The molecule has 0 saturated carbocycles. The molecule has 1 aliphatic heterocycles. The first-order chi connectivity index (χ1) is 7.49. The monoisotopic (exact) mass is 297 g/mol. The van der Waals surface area contributed by atoms with E-state index in [1.807, 2.05) is 26.0 Å². The minimum Gasteiger partial charge on any atom is -0.378 e. The van der Waals surface area contributed by atoms with Gasteiger partial charge in [-0.05, 0) is 37.0 Å². The van der Waals surface area contributed by atoms with Gasteiger partial charge < -0.3 is 5.73 Å². The van der Waals surface area contributed by atoms with Gasteiger partial charge in [-0.2, -0.15) is 0 Å². The van der Waals surface area contributed by atoms with Crippen molar-refractivity contribution < 1.29 is 0 Å². The predicted molar refractivity (Wildman–Crippen MR) is 72.3 cm³/mol. The SMILES string of the molecule is CC1=C[C@@](C)(c2cc(Br)ccn2)N=C(N)S1. The van der Waals surface area contributed by atoms with Crippen LogP contribution in [0.3, 0.4) is 0 Å². The van der Waals surface area contributed by atoms with E-state index in [9.17, 15) is 0 Å². The molecule has 2 N–H and O–H groups in total. The molecular weight excluding hydrogens is 286 g/mol. The first-order valence-corrected chi connectivity index (χ1v) is 6.45. The van der Waals surface area contributed by atoms with Crippen LogP contribution in [0.25, 0.3) is 0 Å². The molecule has 0 fully saturated rings. The second kappa shape index (κ2) is 4.22. The quantitative estimate of drug-likeness (QED) is 0.867. The van der Waals surface area contributed by atoms with Gasteiger partial charge in [-0.15, -0.1) is 0 Å². The number of nitrogens with zero attached hydrogens (tertiary/aromatic N) is 2. The number of aliphatic imine (C=N–C) groups is 1. The van der Waals surface area contributed by atoms with Crippen molar-refractivity contribution in [2.24, 2.45) is 10.7 Å². The van der Waals surface area contributed by atoms with Gasteiger partial charge >= 0.3 is 0 Å². The fourth-order valence-electron chi connectivity index (χ4n) is 1.69. The minimum atomic E-state index is -0.455. The summed E-state index contributed by atoms with van der Waals surface area (Å²) in [5, 5.41) is 0.587. The minimum absolute atomic E-state index is 0.455. The zero-order valence-corrected chi connectivity index (χ0v) is 11.5. The molecule has 1 aromatic rings. The van der Waals surface area contributed by atoms with Gasteiger partial charge in [-0.3, -0.25) is 4.98 Å². The molecule has 3 nitrogen and oxygen atoms in total. The number of rotatable bonds is 1. The number of allylic oxidation sites excluding steroid dienone is 1. The molecule has 1 aliphatic rings. The highest BCUT2D eigenvalue weighted by Gasteiger charge is 2.28. The smallest absolute Gasteiger partial charge is 0.159 e. The number of nitrogens with two attached hydrogens (primary N) is 1. The molecule has 0 amide bonds. The van der Waals surface area contributed by atoms with Crippen molar-refractivity contribution in [3.63, 3.8) is 0 Å². The zero-order chi connectivity index (χ0) is 11.8. The van der Waals surface area contributed by atoms with E-state index in [0.717, 1.165) is 15.1 Å². The number of thioether (sulfide) groups is 1. The van der Waals surface area contributed by atoms with Crippen LogP contribution in [-0.2, 0) is 5.54 Å². The Hall–Kier alpha value is -0.810. The van der Waals surface area contributed by atoms with E-state index in [1.165, 1.54) is 11.8 Å². The fourth-order valence-corrected chi connectivity index (χ4v) is 2.88. The summed E-state index contributed by atoms with van der Waals surface area (Å²) in [5.74, 6) is 0. The van der Waals surface area contributed by atoms with Gasteiger partial charge in [0.1, 0.15) is 5.54 Å². The van der Waals surface area contributed by atoms with E-state index in [4.69, 9.17) is 5.73 Å². The van der Waals surface area contributed by atoms with Crippen molar-refractivity contribution in [3.05, 3.63) is 39.5 Å². The topological polar surface area (TPSA) is 51.3 Å². The third kappa shape index (κ3) is 2.30. The molecule has 16 heavy (non-hydrogen) atoms. The van der Waals surface area contributed by atoms with Gasteiger partial charge in [0.25, 0.3) is 0 Å². The number of amidine groups is 1. The first kappa shape index (κ1) is 11.7. The molecule has 2 heterocycles. The van der Waals surface area contributed by atoms with Crippen molar-refractivity contribution in [3.8, 4) is 0 Å². The lowest BCUT2D eigenvalue weighted by atomic mass is 9.97. The maximum atomic E-state index is 5.81. The van der Waals surface area contributed by atoms with Crippen LogP contribution in [0.2, 0.25) is 0 Å². The first-order valence-electron chi connectivity index (χ1n) is 4.84. The van der Waals surface area contributed by atoms with Crippen molar-refractivity contribution in [1.82, 2.24) is 4.98 Å². The summed E-state index contributed by atoms with van der Waals surface area (Å²) in [5.41, 5.74) is 6.25. The summed E-state index contributed by atoms with van der Waals surface area (Å²) in [6, 6.07) is 3.87. The highest BCUT2D eigenvalue weighted by Crippen LogP contribution is 2.35. The number of hydrogen-bond donors (Lipinski definition) is 1. The Morgan fingerprint density at radius 1 is 1.50 bits per heavy atom.